The molecule has 4 rings (SSSR count). The standard InChI is InChI=1S/C34H43F2N3O8S2/c1-23-20-39(24(2)22-40)34(41)31-19-28(37-48(42,43)29-13-8-26(35)9-14-29)12-17-32(31)47-25(3)7-5-6-18-46-33(23)21-38(4)49(44,45)30-15-10-27(36)11-16-30/h8-17,19,23-25,33,37,40H,5-7,18,20-22H2,1-4H3/t23-,24+,25+,33+/m1/s1. The highest BCUT2D eigenvalue weighted by Crippen LogP contribution is 2.30. The zero-order chi connectivity index (χ0) is 35.9. The predicted octanol–water partition coefficient (Wildman–Crippen LogP) is 4.88. The normalized spacial score (nSPS) is 20.6. The molecule has 0 unspecified atom stereocenters. The maximum Gasteiger partial charge on any atom is 0.261 e. The summed E-state index contributed by atoms with van der Waals surface area (Å²) in [7, 11) is -6.73. The van der Waals surface area contributed by atoms with Crippen LogP contribution in [0, 0.1) is 17.6 Å². The van der Waals surface area contributed by atoms with Crippen LogP contribution in [-0.4, -0.2) is 88.7 Å². The van der Waals surface area contributed by atoms with Gasteiger partial charge in [-0.3, -0.25) is 9.52 Å². The number of ether oxygens (including phenoxy) is 2. The van der Waals surface area contributed by atoms with Crippen LogP contribution in [-0.2, 0) is 24.8 Å². The smallest absolute Gasteiger partial charge is 0.261 e. The summed E-state index contributed by atoms with van der Waals surface area (Å²) in [5.74, 6) is -1.94. The minimum Gasteiger partial charge on any atom is -0.490 e. The highest BCUT2D eigenvalue weighted by Gasteiger charge is 2.32. The molecule has 49 heavy (non-hydrogen) atoms. The molecule has 1 aliphatic heterocycles. The first kappa shape index (κ1) is 38.2. The molecule has 0 spiro atoms. The summed E-state index contributed by atoms with van der Waals surface area (Å²) in [6, 6.07) is 12.5. The van der Waals surface area contributed by atoms with Gasteiger partial charge in [0.25, 0.3) is 15.9 Å². The fourth-order valence-electron chi connectivity index (χ4n) is 5.41. The van der Waals surface area contributed by atoms with Gasteiger partial charge in [0, 0.05) is 38.3 Å². The number of carbonyl (C=O) groups is 1. The van der Waals surface area contributed by atoms with Crippen LogP contribution in [0.3, 0.4) is 0 Å². The van der Waals surface area contributed by atoms with Crippen molar-refractivity contribution in [1.82, 2.24) is 9.21 Å². The van der Waals surface area contributed by atoms with Crippen LogP contribution in [0.2, 0.25) is 0 Å². The summed E-state index contributed by atoms with van der Waals surface area (Å²) in [4.78, 5) is 15.5. The van der Waals surface area contributed by atoms with E-state index in [4.69, 9.17) is 9.47 Å². The van der Waals surface area contributed by atoms with Crippen molar-refractivity contribution in [2.45, 2.75) is 68.1 Å². The van der Waals surface area contributed by atoms with Crippen LogP contribution < -0.4 is 9.46 Å². The maximum atomic E-state index is 14.3. The molecule has 3 aromatic carbocycles. The zero-order valence-corrected chi connectivity index (χ0v) is 29.5. The molecule has 1 amide bonds. The molecule has 1 aliphatic rings. The van der Waals surface area contributed by atoms with E-state index in [1.54, 1.807) is 6.92 Å². The Balaban J connectivity index is 1.67. The Bertz CT molecular complexity index is 1790. The fourth-order valence-corrected chi connectivity index (χ4v) is 7.65. The Hall–Kier alpha value is -3.63. The number of fused-ring (bicyclic) bond motifs is 1. The summed E-state index contributed by atoms with van der Waals surface area (Å²) in [6.07, 6.45) is 0.954. The molecule has 11 nitrogen and oxygen atoms in total. The van der Waals surface area contributed by atoms with Gasteiger partial charge in [-0.25, -0.2) is 25.6 Å². The van der Waals surface area contributed by atoms with Crippen molar-refractivity contribution in [3.63, 3.8) is 0 Å². The van der Waals surface area contributed by atoms with Gasteiger partial charge in [0.1, 0.15) is 17.4 Å². The van der Waals surface area contributed by atoms with E-state index >= 15 is 0 Å². The first-order chi connectivity index (χ1) is 23.1. The van der Waals surface area contributed by atoms with Gasteiger partial charge in [-0.1, -0.05) is 6.92 Å². The Morgan fingerprint density at radius 1 is 0.959 bits per heavy atom. The van der Waals surface area contributed by atoms with Crippen molar-refractivity contribution in [2.24, 2.45) is 5.92 Å². The third kappa shape index (κ3) is 9.75. The molecule has 268 valence electrons. The van der Waals surface area contributed by atoms with Gasteiger partial charge in [0.05, 0.1) is 40.2 Å². The van der Waals surface area contributed by atoms with E-state index in [0.717, 1.165) is 40.7 Å². The second-order valence-corrected chi connectivity index (χ2v) is 16.0. The number of sulfonamides is 2. The lowest BCUT2D eigenvalue weighted by molar-refractivity contribution is -0.00834. The van der Waals surface area contributed by atoms with Crippen molar-refractivity contribution in [3.8, 4) is 5.75 Å². The van der Waals surface area contributed by atoms with Crippen molar-refractivity contribution >= 4 is 31.6 Å². The van der Waals surface area contributed by atoms with E-state index in [1.165, 1.54) is 42.3 Å². The average molecular weight is 724 g/mol. The summed E-state index contributed by atoms with van der Waals surface area (Å²) in [6.45, 7) is 5.21. The highest BCUT2D eigenvalue weighted by atomic mass is 32.2. The Labute approximate surface area is 286 Å². The number of hydrogen-bond donors (Lipinski definition) is 2. The van der Waals surface area contributed by atoms with Crippen LogP contribution in [0.4, 0.5) is 14.5 Å². The monoisotopic (exact) mass is 723 g/mol. The van der Waals surface area contributed by atoms with E-state index in [2.05, 4.69) is 4.72 Å². The topological polar surface area (TPSA) is 143 Å². The van der Waals surface area contributed by atoms with Gasteiger partial charge in [0.15, 0.2) is 0 Å². The van der Waals surface area contributed by atoms with E-state index in [-0.39, 0.29) is 46.0 Å². The van der Waals surface area contributed by atoms with Crippen molar-refractivity contribution < 1.29 is 45.0 Å². The molecule has 15 heteroatoms. The molecular formula is C34H43F2N3O8S2. The number of nitrogens with one attached hydrogen (secondary N) is 1. The molecule has 0 radical (unpaired) electrons. The van der Waals surface area contributed by atoms with Gasteiger partial charge in [-0.15, -0.1) is 0 Å². The third-order valence-electron chi connectivity index (χ3n) is 8.39. The van der Waals surface area contributed by atoms with Crippen molar-refractivity contribution in [3.05, 3.63) is 83.9 Å². The molecule has 0 bridgehead atoms. The molecule has 1 heterocycles. The van der Waals surface area contributed by atoms with Gasteiger partial charge in [-0.2, -0.15) is 4.31 Å². The quantitative estimate of drug-likeness (QED) is 0.318. The molecule has 3 aromatic rings. The van der Waals surface area contributed by atoms with Crippen molar-refractivity contribution in [2.75, 3.05) is 38.1 Å². The van der Waals surface area contributed by atoms with Crippen LogP contribution in [0.5, 0.6) is 5.75 Å². The van der Waals surface area contributed by atoms with E-state index in [9.17, 15) is 35.5 Å². The molecular weight excluding hydrogens is 681 g/mol. The minimum absolute atomic E-state index is 0.0379. The first-order valence-corrected chi connectivity index (χ1v) is 18.9. The highest BCUT2D eigenvalue weighted by molar-refractivity contribution is 7.92. The Morgan fingerprint density at radius 3 is 2.18 bits per heavy atom. The van der Waals surface area contributed by atoms with Crippen molar-refractivity contribution in [1.29, 1.82) is 0 Å². The van der Waals surface area contributed by atoms with Crippen LogP contribution >= 0.6 is 0 Å². The predicted molar refractivity (Wildman–Crippen MR) is 180 cm³/mol. The molecule has 0 fully saturated rings. The maximum absolute atomic E-state index is 14.3. The number of anilines is 1. The number of amides is 1. The first-order valence-electron chi connectivity index (χ1n) is 16.0. The molecule has 0 aromatic heterocycles. The summed E-state index contributed by atoms with van der Waals surface area (Å²) < 4.78 is 95.8. The van der Waals surface area contributed by atoms with Crippen LogP contribution in [0.15, 0.2) is 76.5 Å². The second kappa shape index (κ2) is 16.4. The number of aliphatic hydroxyl groups excluding tert-OH is 1. The van der Waals surface area contributed by atoms with E-state index < -0.39 is 62.3 Å². The second-order valence-electron chi connectivity index (χ2n) is 12.3. The molecule has 4 atom stereocenters. The summed E-state index contributed by atoms with van der Waals surface area (Å²) in [5, 5.41) is 10.2. The zero-order valence-electron chi connectivity index (χ0n) is 27.9. The number of hydrogen-bond acceptors (Lipinski definition) is 8. The number of halogens is 2. The number of rotatable bonds is 9. The molecule has 0 aliphatic carbocycles. The Morgan fingerprint density at radius 2 is 1.57 bits per heavy atom. The molecule has 0 saturated carbocycles. The van der Waals surface area contributed by atoms with Gasteiger partial charge < -0.3 is 19.5 Å². The van der Waals surface area contributed by atoms with Crippen LogP contribution in [0.1, 0.15) is 50.4 Å². The van der Waals surface area contributed by atoms with E-state index in [1.807, 2.05) is 13.8 Å². The lowest BCUT2D eigenvalue weighted by atomic mass is 10.0. The number of likely N-dealkylation sites (N-methyl/N-ethyl adjacent to an activating group) is 1. The number of benzene rings is 3. The SMILES string of the molecule is C[C@@H]1CN([C@@H](C)CO)C(=O)c2cc(NS(=O)(=O)c3ccc(F)cc3)ccc2O[C@@H](C)CCCCO[C@H]1CN(C)S(=O)(=O)c1ccc(F)cc1. The largest absolute Gasteiger partial charge is 0.490 e. The van der Waals surface area contributed by atoms with Gasteiger partial charge in [-0.05, 0) is 99.8 Å². The molecule has 0 saturated heterocycles. The van der Waals surface area contributed by atoms with E-state index in [0.29, 0.717) is 25.9 Å². The lowest BCUT2D eigenvalue weighted by Crippen LogP contribution is -2.48. The fraction of sp³-hybridized carbons (Fsp3) is 0.441. The van der Waals surface area contributed by atoms with Gasteiger partial charge >= 0.3 is 0 Å². The minimum atomic E-state index is -4.14. The number of aliphatic hydroxyl groups is 1. The Kier molecular flexibility index (Phi) is 12.8. The van der Waals surface area contributed by atoms with Crippen LogP contribution in [0.25, 0.3) is 0 Å². The summed E-state index contributed by atoms with van der Waals surface area (Å²) >= 11 is 0. The third-order valence-corrected chi connectivity index (χ3v) is 11.6. The number of nitrogens with zero attached hydrogens (tertiary/aromatic N) is 2. The van der Waals surface area contributed by atoms with Gasteiger partial charge in [0.2, 0.25) is 10.0 Å². The summed E-state index contributed by atoms with van der Waals surface area (Å²) in [5.41, 5.74) is 0.108. The average Bonchev–Trinajstić information content (AvgIpc) is 3.06. The number of carbonyl (C=O) groups excluding carboxylic acids is 1. The molecule has 2 N–H and O–H groups in total. The lowest BCUT2D eigenvalue weighted by Gasteiger charge is -2.35.